The van der Waals surface area contributed by atoms with E-state index in [0.717, 1.165) is 5.56 Å². The minimum absolute atomic E-state index is 0.233. The standard InChI is InChI=1S/C10H12O3S/c1-2-9-3-5-10(6-4-9)14(12,13)8-7-11/h2-6,11H,1,7-8H2. The van der Waals surface area contributed by atoms with Crippen LogP contribution in [0.5, 0.6) is 0 Å². The molecule has 1 rings (SSSR count). The van der Waals surface area contributed by atoms with E-state index in [9.17, 15) is 8.42 Å². The zero-order valence-corrected chi connectivity index (χ0v) is 8.50. The Morgan fingerprint density at radius 2 is 1.86 bits per heavy atom. The van der Waals surface area contributed by atoms with Crippen molar-refractivity contribution in [1.82, 2.24) is 0 Å². The second-order valence-electron chi connectivity index (χ2n) is 2.82. The molecule has 4 heteroatoms. The molecule has 0 saturated carbocycles. The summed E-state index contributed by atoms with van der Waals surface area (Å²) < 4.78 is 22.9. The summed E-state index contributed by atoms with van der Waals surface area (Å²) in [7, 11) is -3.32. The Balaban J connectivity index is 3.03. The number of sulfone groups is 1. The zero-order chi connectivity index (χ0) is 10.6. The first-order valence-electron chi connectivity index (χ1n) is 4.16. The van der Waals surface area contributed by atoms with Gasteiger partial charge >= 0.3 is 0 Å². The topological polar surface area (TPSA) is 54.4 Å². The lowest BCUT2D eigenvalue weighted by atomic mass is 10.2. The highest BCUT2D eigenvalue weighted by Crippen LogP contribution is 2.12. The fraction of sp³-hybridized carbons (Fsp3) is 0.200. The van der Waals surface area contributed by atoms with Crippen LogP contribution in [0.3, 0.4) is 0 Å². The van der Waals surface area contributed by atoms with Gasteiger partial charge in [-0.05, 0) is 17.7 Å². The van der Waals surface area contributed by atoms with E-state index in [1.807, 2.05) is 0 Å². The molecule has 0 aliphatic heterocycles. The summed E-state index contributed by atoms with van der Waals surface area (Å²) in [6, 6.07) is 6.39. The average molecular weight is 212 g/mol. The van der Waals surface area contributed by atoms with E-state index < -0.39 is 9.84 Å². The van der Waals surface area contributed by atoms with Gasteiger partial charge in [0.25, 0.3) is 0 Å². The molecular weight excluding hydrogens is 200 g/mol. The van der Waals surface area contributed by atoms with Crippen molar-refractivity contribution in [3.63, 3.8) is 0 Å². The quantitative estimate of drug-likeness (QED) is 0.813. The van der Waals surface area contributed by atoms with Crippen LogP contribution in [-0.2, 0) is 9.84 Å². The van der Waals surface area contributed by atoms with Gasteiger partial charge in [0.15, 0.2) is 9.84 Å². The molecule has 0 heterocycles. The van der Waals surface area contributed by atoms with Gasteiger partial charge in [0.2, 0.25) is 0 Å². The monoisotopic (exact) mass is 212 g/mol. The Labute approximate surface area is 83.6 Å². The molecule has 76 valence electrons. The Morgan fingerprint density at radius 1 is 1.29 bits per heavy atom. The van der Waals surface area contributed by atoms with Crippen molar-refractivity contribution >= 4 is 15.9 Å². The highest BCUT2D eigenvalue weighted by atomic mass is 32.2. The van der Waals surface area contributed by atoms with Crippen molar-refractivity contribution in [1.29, 1.82) is 0 Å². The molecule has 0 unspecified atom stereocenters. The van der Waals surface area contributed by atoms with Gasteiger partial charge in [0.1, 0.15) is 0 Å². The van der Waals surface area contributed by atoms with Crippen molar-refractivity contribution < 1.29 is 13.5 Å². The van der Waals surface area contributed by atoms with Crippen LogP contribution < -0.4 is 0 Å². The van der Waals surface area contributed by atoms with E-state index in [0.29, 0.717) is 0 Å². The predicted octanol–water partition coefficient (Wildman–Crippen LogP) is 1.10. The number of hydrogen-bond acceptors (Lipinski definition) is 3. The van der Waals surface area contributed by atoms with Crippen LogP contribution in [0, 0.1) is 0 Å². The van der Waals surface area contributed by atoms with Gasteiger partial charge in [-0.1, -0.05) is 24.8 Å². The molecule has 14 heavy (non-hydrogen) atoms. The number of hydrogen-bond donors (Lipinski definition) is 1. The van der Waals surface area contributed by atoms with Gasteiger partial charge in [-0.3, -0.25) is 0 Å². The lowest BCUT2D eigenvalue weighted by Gasteiger charge is -2.02. The minimum atomic E-state index is -3.32. The molecule has 0 amide bonds. The van der Waals surface area contributed by atoms with E-state index >= 15 is 0 Å². The van der Waals surface area contributed by atoms with Crippen molar-refractivity contribution in [2.45, 2.75) is 4.90 Å². The summed E-state index contributed by atoms with van der Waals surface area (Å²) in [6.07, 6.45) is 1.64. The molecule has 0 bridgehead atoms. The first-order valence-corrected chi connectivity index (χ1v) is 5.81. The fourth-order valence-electron chi connectivity index (χ4n) is 1.05. The molecule has 0 aliphatic rings. The first kappa shape index (κ1) is 10.9. The van der Waals surface area contributed by atoms with E-state index in [4.69, 9.17) is 5.11 Å². The summed E-state index contributed by atoms with van der Waals surface area (Å²) in [5.41, 5.74) is 0.868. The third-order valence-corrected chi connectivity index (χ3v) is 3.55. The van der Waals surface area contributed by atoms with Gasteiger partial charge in [-0.2, -0.15) is 0 Å². The molecule has 3 nitrogen and oxygen atoms in total. The molecule has 0 saturated heterocycles. The maximum Gasteiger partial charge on any atom is 0.180 e. The molecule has 1 N–H and O–H groups in total. The van der Waals surface area contributed by atoms with Crippen LogP contribution in [0.2, 0.25) is 0 Å². The minimum Gasteiger partial charge on any atom is -0.395 e. The third-order valence-electron chi connectivity index (χ3n) is 1.83. The summed E-state index contributed by atoms with van der Waals surface area (Å²) in [5.74, 6) is -0.236. The second-order valence-corrected chi connectivity index (χ2v) is 4.92. The van der Waals surface area contributed by atoms with Gasteiger partial charge in [0.05, 0.1) is 17.3 Å². The number of benzene rings is 1. The molecule has 0 radical (unpaired) electrons. The van der Waals surface area contributed by atoms with Crippen LogP contribution in [0.25, 0.3) is 6.08 Å². The highest BCUT2D eigenvalue weighted by Gasteiger charge is 2.12. The van der Waals surface area contributed by atoms with Crippen molar-refractivity contribution in [2.24, 2.45) is 0 Å². The van der Waals surface area contributed by atoms with Gasteiger partial charge in [-0.15, -0.1) is 0 Å². The molecule has 0 atom stereocenters. The van der Waals surface area contributed by atoms with Crippen LogP contribution in [0.4, 0.5) is 0 Å². The van der Waals surface area contributed by atoms with Crippen molar-refractivity contribution in [3.05, 3.63) is 36.4 Å². The number of rotatable bonds is 4. The van der Waals surface area contributed by atoms with E-state index in [2.05, 4.69) is 6.58 Å². The van der Waals surface area contributed by atoms with E-state index in [-0.39, 0.29) is 17.3 Å². The second kappa shape index (κ2) is 4.39. The third kappa shape index (κ3) is 2.43. The average Bonchev–Trinajstić information content (AvgIpc) is 2.18. The Morgan fingerprint density at radius 3 is 2.29 bits per heavy atom. The molecular formula is C10H12O3S. The maximum absolute atomic E-state index is 11.4. The Bertz CT molecular complexity index is 403. The summed E-state index contributed by atoms with van der Waals surface area (Å²) in [6.45, 7) is 3.21. The smallest absolute Gasteiger partial charge is 0.180 e. The predicted molar refractivity (Wildman–Crippen MR) is 55.7 cm³/mol. The molecule has 1 aromatic rings. The molecule has 0 aromatic heterocycles. The fourth-order valence-corrected chi connectivity index (χ4v) is 2.08. The summed E-state index contributed by atoms with van der Waals surface area (Å²) >= 11 is 0. The SMILES string of the molecule is C=Cc1ccc(S(=O)(=O)CCO)cc1. The highest BCUT2D eigenvalue weighted by molar-refractivity contribution is 7.91. The van der Waals surface area contributed by atoms with Crippen LogP contribution in [0.15, 0.2) is 35.7 Å². The molecule has 0 fully saturated rings. The molecule has 1 aromatic carbocycles. The van der Waals surface area contributed by atoms with E-state index in [1.165, 1.54) is 12.1 Å². The van der Waals surface area contributed by atoms with Crippen LogP contribution >= 0.6 is 0 Å². The number of aliphatic hydroxyl groups excluding tert-OH is 1. The van der Waals surface area contributed by atoms with Gasteiger partial charge in [0, 0.05) is 0 Å². The normalized spacial score (nSPS) is 11.2. The Kier molecular flexibility index (Phi) is 3.43. The van der Waals surface area contributed by atoms with Gasteiger partial charge in [-0.25, -0.2) is 8.42 Å². The lowest BCUT2D eigenvalue weighted by Crippen LogP contribution is -2.09. The Hall–Kier alpha value is -1.13. The lowest BCUT2D eigenvalue weighted by molar-refractivity contribution is 0.319. The zero-order valence-electron chi connectivity index (χ0n) is 7.68. The maximum atomic E-state index is 11.4. The number of aliphatic hydroxyl groups is 1. The molecule has 0 spiro atoms. The summed E-state index contributed by atoms with van der Waals surface area (Å²) in [5, 5.41) is 8.57. The van der Waals surface area contributed by atoms with Crippen LogP contribution in [-0.4, -0.2) is 25.9 Å². The van der Waals surface area contributed by atoms with Crippen molar-refractivity contribution in [2.75, 3.05) is 12.4 Å². The van der Waals surface area contributed by atoms with E-state index in [1.54, 1.807) is 18.2 Å². The van der Waals surface area contributed by atoms with Crippen molar-refractivity contribution in [3.8, 4) is 0 Å². The van der Waals surface area contributed by atoms with Crippen LogP contribution in [0.1, 0.15) is 5.56 Å². The first-order chi connectivity index (χ1) is 6.60. The summed E-state index contributed by atoms with van der Waals surface area (Å²) in [4.78, 5) is 0.233. The largest absolute Gasteiger partial charge is 0.395 e. The van der Waals surface area contributed by atoms with Gasteiger partial charge < -0.3 is 5.11 Å². The molecule has 0 aliphatic carbocycles.